The number of carbonyl (C=O) groups excluding carboxylic acids is 2. The average molecular weight is 461 g/mol. The number of aromatic nitrogens is 1. The molecule has 7 heteroatoms. The van der Waals surface area contributed by atoms with Gasteiger partial charge in [-0.05, 0) is 61.5 Å². The van der Waals surface area contributed by atoms with E-state index in [0.29, 0.717) is 10.7 Å². The van der Waals surface area contributed by atoms with Crippen molar-refractivity contribution in [1.29, 1.82) is 0 Å². The molecule has 2 aromatic heterocycles. The lowest BCUT2D eigenvalue weighted by molar-refractivity contribution is -0.132. The summed E-state index contributed by atoms with van der Waals surface area (Å²) in [7, 11) is 0. The van der Waals surface area contributed by atoms with Crippen LogP contribution in [0, 0.1) is 20.8 Å². The Morgan fingerprint density at radius 1 is 1.03 bits per heavy atom. The number of benzene rings is 2. The van der Waals surface area contributed by atoms with Gasteiger partial charge in [0, 0.05) is 10.4 Å². The minimum absolute atomic E-state index is 0.0987. The standard InChI is InChI=1S/C25H20N2O3S2/c1-13-6-8-15(3)16(11-13)22(28)20-21(18-5-4-10-31-18)27(24(30)23(20)29)25-26-17-9-7-14(2)12-19(17)32-25/h4-12,21,28H,1-3H3. The Bertz CT molecular complexity index is 1420. The van der Waals surface area contributed by atoms with Gasteiger partial charge in [-0.3, -0.25) is 14.5 Å². The number of rotatable bonds is 3. The van der Waals surface area contributed by atoms with Crippen LogP contribution < -0.4 is 4.90 Å². The van der Waals surface area contributed by atoms with E-state index in [0.717, 1.165) is 31.8 Å². The van der Waals surface area contributed by atoms with Gasteiger partial charge in [0.1, 0.15) is 11.8 Å². The highest BCUT2D eigenvalue weighted by atomic mass is 32.1. The third-order valence-corrected chi connectivity index (χ3v) is 7.59. The van der Waals surface area contributed by atoms with Crippen molar-refractivity contribution in [2.45, 2.75) is 26.8 Å². The molecule has 160 valence electrons. The fourth-order valence-corrected chi connectivity index (χ4v) is 5.92. The summed E-state index contributed by atoms with van der Waals surface area (Å²) in [6, 6.07) is 14.6. The summed E-state index contributed by atoms with van der Waals surface area (Å²) in [5.41, 5.74) is 4.32. The van der Waals surface area contributed by atoms with Gasteiger partial charge in [-0.2, -0.15) is 0 Å². The maximum atomic E-state index is 13.3. The second-order valence-electron chi connectivity index (χ2n) is 7.97. The largest absolute Gasteiger partial charge is 0.507 e. The Morgan fingerprint density at radius 2 is 1.78 bits per heavy atom. The number of nitrogens with zero attached hydrogens (tertiary/aromatic N) is 2. The molecule has 4 aromatic rings. The van der Waals surface area contributed by atoms with E-state index >= 15 is 0 Å². The van der Waals surface area contributed by atoms with E-state index in [4.69, 9.17) is 0 Å². The highest BCUT2D eigenvalue weighted by molar-refractivity contribution is 7.22. The molecule has 1 aliphatic heterocycles. The molecule has 0 aliphatic carbocycles. The number of hydrogen-bond acceptors (Lipinski definition) is 6. The van der Waals surface area contributed by atoms with Crippen LogP contribution >= 0.6 is 22.7 Å². The summed E-state index contributed by atoms with van der Waals surface area (Å²) in [5, 5.41) is 13.6. The minimum atomic E-state index is -0.725. The molecule has 0 radical (unpaired) electrons. The van der Waals surface area contributed by atoms with E-state index in [1.54, 1.807) is 0 Å². The number of Topliss-reactive ketones (excluding diaryl/α,β-unsaturated/α-hetero) is 1. The molecule has 1 fully saturated rings. The summed E-state index contributed by atoms with van der Waals surface area (Å²) >= 11 is 2.81. The zero-order valence-electron chi connectivity index (χ0n) is 17.7. The lowest BCUT2D eigenvalue weighted by Crippen LogP contribution is -2.28. The lowest BCUT2D eigenvalue weighted by Gasteiger charge is -2.21. The Hall–Kier alpha value is -3.29. The van der Waals surface area contributed by atoms with Crippen LogP contribution in [0.5, 0.6) is 0 Å². The summed E-state index contributed by atoms with van der Waals surface area (Å²) in [4.78, 5) is 33.4. The molecule has 0 saturated carbocycles. The fourth-order valence-electron chi connectivity index (χ4n) is 4.00. The number of thiazole rings is 1. The van der Waals surface area contributed by atoms with Crippen molar-refractivity contribution in [2.75, 3.05) is 4.90 Å². The zero-order chi connectivity index (χ0) is 22.6. The first-order valence-corrected chi connectivity index (χ1v) is 11.8. The first-order valence-electron chi connectivity index (χ1n) is 10.1. The van der Waals surface area contributed by atoms with Crippen LogP contribution in [-0.2, 0) is 9.59 Å². The van der Waals surface area contributed by atoms with Crippen molar-refractivity contribution in [3.63, 3.8) is 0 Å². The number of hydrogen-bond donors (Lipinski definition) is 1. The maximum Gasteiger partial charge on any atom is 0.301 e. The fraction of sp³-hybridized carbons (Fsp3) is 0.160. The molecule has 1 amide bonds. The van der Waals surface area contributed by atoms with Crippen LogP contribution in [0.3, 0.4) is 0 Å². The lowest BCUT2D eigenvalue weighted by atomic mass is 9.96. The van der Waals surface area contributed by atoms with E-state index in [-0.39, 0.29) is 11.3 Å². The molecule has 1 atom stereocenters. The molecule has 1 N–H and O–H groups in total. The quantitative estimate of drug-likeness (QED) is 0.234. The summed E-state index contributed by atoms with van der Waals surface area (Å²) in [6.45, 7) is 5.80. The van der Waals surface area contributed by atoms with Crippen LogP contribution in [0.4, 0.5) is 5.13 Å². The number of aliphatic hydroxyl groups is 1. The van der Waals surface area contributed by atoms with Gasteiger partial charge in [0.05, 0.1) is 15.8 Å². The van der Waals surface area contributed by atoms with Gasteiger partial charge < -0.3 is 5.11 Å². The van der Waals surface area contributed by atoms with Crippen LogP contribution in [0.25, 0.3) is 16.0 Å². The summed E-state index contributed by atoms with van der Waals surface area (Å²) in [6.07, 6.45) is 0. The Kier molecular flexibility index (Phi) is 4.95. The van der Waals surface area contributed by atoms with Crippen molar-refractivity contribution >= 4 is 55.5 Å². The molecule has 1 unspecified atom stereocenters. The summed E-state index contributed by atoms with van der Waals surface area (Å²) in [5.74, 6) is -1.52. The average Bonchev–Trinajstić information content (AvgIpc) is 3.48. The molecular formula is C25H20N2O3S2. The van der Waals surface area contributed by atoms with Gasteiger partial charge in [-0.25, -0.2) is 4.98 Å². The van der Waals surface area contributed by atoms with Crippen molar-refractivity contribution < 1.29 is 14.7 Å². The Balaban J connectivity index is 1.74. The third kappa shape index (κ3) is 3.25. The normalized spacial score (nSPS) is 18.1. The second-order valence-corrected chi connectivity index (χ2v) is 9.96. The monoisotopic (exact) mass is 460 g/mol. The van der Waals surface area contributed by atoms with Gasteiger partial charge in [0.15, 0.2) is 5.13 Å². The number of amides is 1. The Labute approximate surface area is 193 Å². The molecule has 0 spiro atoms. The smallest absolute Gasteiger partial charge is 0.301 e. The van der Waals surface area contributed by atoms with Crippen LogP contribution in [0.2, 0.25) is 0 Å². The molecule has 32 heavy (non-hydrogen) atoms. The molecule has 1 aliphatic rings. The Morgan fingerprint density at radius 3 is 2.53 bits per heavy atom. The van der Waals surface area contributed by atoms with E-state index in [9.17, 15) is 14.7 Å². The molecule has 3 heterocycles. The molecule has 2 aromatic carbocycles. The number of carbonyl (C=O) groups is 2. The van der Waals surface area contributed by atoms with Gasteiger partial charge in [-0.1, -0.05) is 41.2 Å². The van der Waals surface area contributed by atoms with Gasteiger partial charge in [0.25, 0.3) is 5.78 Å². The first-order chi connectivity index (χ1) is 15.3. The van der Waals surface area contributed by atoms with Crippen molar-refractivity contribution in [2.24, 2.45) is 0 Å². The van der Waals surface area contributed by atoms with Crippen molar-refractivity contribution in [3.05, 3.63) is 86.6 Å². The van der Waals surface area contributed by atoms with E-state index < -0.39 is 17.7 Å². The molecular weight excluding hydrogens is 440 g/mol. The number of aliphatic hydroxyl groups excluding tert-OH is 1. The highest BCUT2D eigenvalue weighted by Crippen LogP contribution is 2.45. The minimum Gasteiger partial charge on any atom is -0.507 e. The highest BCUT2D eigenvalue weighted by Gasteiger charge is 2.48. The van der Waals surface area contributed by atoms with Crippen molar-refractivity contribution in [3.8, 4) is 0 Å². The first kappa shape index (κ1) is 20.6. The van der Waals surface area contributed by atoms with E-state index in [1.165, 1.54) is 27.6 Å². The van der Waals surface area contributed by atoms with E-state index in [2.05, 4.69) is 4.98 Å². The predicted molar refractivity (Wildman–Crippen MR) is 129 cm³/mol. The third-order valence-electron chi connectivity index (χ3n) is 5.64. The molecule has 1 saturated heterocycles. The number of anilines is 1. The molecule has 5 nitrogen and oxygen atoms in total. The van der Waals surface area contributed by atoms with Crippen LogP contribution in [0.15, 0.2) is 59.5 Å². The summed E-state index contributed by atoms with van der Waals surface area (Å²) < 4.78 is 0.946. The van der Waals surface area contributed by atoms with Crippen LogP contribution in [-0.4, -0.2) is 21.8 Å². The predicted octanol–water partition coefficient (Wildman–Crippen LogP) is 5.91. The zero-order valence-corrected chi connectivity index (χ0v) is 19.4. The van der Waals surface area contributed by atoms with Gasteiger partial charge in [-0.15, -0.1) is 11.3 Å². The molecule has 5 rings (SSSR count). The number of thiophene rings is 1. The number of ketones is 1. The SMILES string of the molecule is Cc1ccc(C)c(C(O)=C2C(=O)C(=O)N(c3nc4ccc(C)cc4s3)C2c2cccs2)c1. The van der Waals surface area contributed by atoms with Gasteiger partial charge >= 0.3 is 5.91 Å². The maximum absolute atomic E-state index is 13.3. The number of aryl methyl sites for hydroxylation is 3. The molecule has 0 bridgehead atoms. The van der Waals surface area contributed by atoms with Crippen molar-refractivity contribution in [1.82, 2.24) is 4.98 Å². The second kappa shape index (κ2) is 7.69. The topological polar surface area (TPSA) is 70.5 Å². The van der Waals surface area contributed by atoms with E-state index in [1.807, 2.05) is 74.7 Å². The van der Waals surface area contributed by atoms with Crippen LogP contribution in [0.1, 0.15) is 33.2 Å². The van der Waals surface area contributed by atoms with Gasteiger partial charge in [0.2, 0.25) is 0 Å². The number of fused-ring (bicyclic) bond motifs is 1.